The predicted octanol–water partition coefficient (Wildman–Crippen LogP) is 4.02. The maximum absolute atomic E-state index is 14.5. The zero-order valence-electron chi connectivity index (χ0n) is 21.4. The van der Waals surface area contributed by atoms with E-state index >= 15 is 0 Å². The van der Waals surface area contributed by atoms with E-state index in [1.165, 1.54) is 12.4 Å². The molecule has 194 valence electrons. The highest BCUT2D eigenvalue weighted by Gasteiger charge is 2.38. The zero-order chi connectivity index (χ0) is 25.8. The maximum atomic E-state index is 14.5. The second-order valence-electron chi connectivity index (χ2n) is 9.50. The number of benzene rings is 2. The van der Waals surface area contributed by atoms with Crippen molar-refractivity contribution >= 4 is 34.0 Å². The number of nitrogens with one attached hydrogen (secondary N) is 2. The maximum Gasteiger partial charge on any atom is 0.165 e. The van der Waals surface area contributed by atoms with Crippen LogP contribution in [0.2, 0.25) is 5.02 Å². The number of fused-ring (bicyclic) bond motifs is 1. The Balaban J connectivity index is 1.56. The van der Waals surface area contributed by atoms with Gasteiger partial charge in [0.1, 0.15) is 18.2 Å². The summed E-state index contributed by atoms with van der Waals surface area (Å²) in [5.41, 5.74) is 0.884. The summed E-state index contributed by atoms with van der Waals surface area (Å²) in [4.78, 5) is 13.2. The molecule has 1 fully saturated rings. The monoisotopic (exact) mass is 516 g/mol. The van der Waals surface area contributed by atoms with Gasteiger partial charge >= 0.3 is 0 Å². The highest BCUT2D eigenvalue weighted by atomic mass is 35.5. The van der Waals surface area contributed by atoms with Crippen molar-refractivity contribution in [2.45, 2.75) is 19.1 Å². The van der Waals surface area contributed by atoms with Gasteiger partial charge in [-0.05, 0) is 39.3 Å². The predicted molar refractivity (Wildman–Crippen MR) is 142 cm³/mol. The molecule has 2 heterocycles. The highest BCUT2D eigenvalue weighted by molar-refractivity contribution is 6.31. The van der Waals surface area contributed by atoms with Gasteiger partial charge in [0.05, 0.1) is 23.3 Å². The van der Waals surface area contributed by atoms with Crippen LogP contribution in [0.3, 0.4) is 0 Å². The van der Waals surface area contributed by atoms with Crippen LogP contribution < -0.4 is 20.1 Å². The lowest BCUT2D eigenvalue weighted by molar-refractivity contribution is 0.166. The minimum absolute atomic E-state index is 0.0200. The zero-order valence-corrected chi connectivity index (χ0v) is 22.1. The number of likely N-dealkylation sites (N-methyl/N-ethyl adjacent to an activating group) is 2. The number of halogens is 2. The number of methoxy groups -OCH3 is 1. The van der Waals surface area contributed by atoms with Gasteiger partial charge in [-0.2, -0.15) is 0 Å². The molecule has 1 aromatic heterocycles. The molecular weight excluding hydrogens is 483 g/mol. The fraction of sp³-hybridized carbons (Fsp3) is 0.462. The van der Waals surface area contributed by atoms with Gasteiger partial charge in [0.2, 0.25) is 0 Å². The van der Waals surface area contributed by atoms with Crippen LogP contribution in [-0.2, 0) is 0 Å². The highest BCUT2D eigenvalue weighted by Crippen LogP contribution is 2.38. The standard InChI is InChI=1S/C26H34ClFN6O2/c1-16-21(13-29-9-10-33(2)3)34(4)14-24(16)36-23-11-17-20(12-22(23)35-5)30-15-31-26(17)32-19-8-6-7-18(27)25(19)28/h6-8,11-12,15-16,21,24,29H,9-10,13-14H2,1-5H3,(H,30,31,32). The second-order valence-corrected chi connectivity index (χ2v) is 9.91. The van der Waals surface area contributed by atoms with Gasteiger partial charge in [-0.25, -0.2) is 14.4 Å². The topological polar surface area (TPSA) is 74.8 Å². The van der Waals surface area contributed by atoms with E-state index in [-0.39, 0.29) is 16.8 Å². The summed E-state index contributed by atoms with van der Waals surface area (Å²) in [5.74, 6) is 1.40. The first kappa shape index (κ1) is 26.3. The molecule has 3 aromatic rings. The quantitative estimate of drug-likeness (QED) is 0.391. The molecule has 1 aliphatic heterocycles. The van der Waals surface area contributed by atoms with Crippen molar-refractivity contribution in [3.05, 3.63) is 47.5 Å². The molecule has 3 unspecified atom stereocenters. The van der Waals surface area contributed by atoms with E-state index in [1.807, 2.05) is 12.1 Å². The Hall–Kier alpha value is -2.72. The molecule has 3 atom stereocenters. The summed E-state index contributed by atoms with van der Waals surface area (Å²) in [7, 11) is 7.89. The molecule has 0 bridgehead atoms. The van der Waals surface area contributed by atoms with Crippen LogP contribution in [0.4, 0.5) is 15.9 Å². The number of hydrogen-bond acceptors (Lipinski definition) is 8. The molecule has 0 saturated carbocycles. The molecule has 10 heteroatoms. The average molecular weight is 517 g/mol. The normalized spacial score (nSPS) is 20.3. The number of anilines is 2. The molecule has 8 nitrogen and oxygen atoms in total. The average Bonchev–Trinajstić information content (AvgIpc) is 3.11. The van der Waals surface area contributed by atoms with Crippen molar-refractivity contribution < 1.29 is 13.9 Å². The molecule has 0 radical (unpaired) electrons. The number of ether oxygens (including phenoxy) is 2. The van der Waals surface area contributed by atoms with E-state index in [1.54, 1.807) is 19.2 Å². The van der Waals surface area contributed by atoms with Gasteiger partial charge in [-0.15, -0.1) is 0 Å². The van der Waals surface area contributed by atoms with Crippen molar-refractivity contribution in [3.8, 4) is 11.5 Å². The van der Waals surface area contributed by atoms with Crippen LogP contribution in [0.25, 0.3) is 10.9 Å². The Kier molecular flexibility index (Phi) is 8.46. The van der Waals surface area contributed by atoms with Gasteiger partial charge < -0.3 is 25.0 Å². The smallest absolute Gasteiger partial charge is 0.165 e. The van der Waals surface area contributed by atoms with Crippen LogP contribution in [0, 0.1) is 11.7 Å². The van der Waals surface area contributed by atoms with Crippen LogP contribution in [0.15, 0.2) is 36.7 Å². The molecule has 1 saturated heterocycles. The minimum Gasteiger partial charge on any atom is -0.493 e. The van der Waals surface area contributed by atoms with Gasteiger partial charge in [-0.3, -0.25) is 4.90 Å². The number of aromatic nitrogens is 2. The number of rotatable bonds is 10. The minimum atomic E-state index is -0.538. The largest absolute Gasteiger partial charge is 0.493 e. The van der Waals surface area contributed by atoms with Crippen molar-refractivity contribution in [1.29, 1.82) is 0 Å². The Morgan fingerprint density at radius 3 is 2.78 bits per heavy atom. The van der Waals surface area contributed by atoms with Gasteiger partial charge in [0, 0.05) is 49.6 Å². The van der Waals surface area contributed by atoms with Crippen molar-refractivity contribution in [2.75, 3.05) is 59.7 Å². The number of nitrogens with zero attached hydrogens (tertiary/aromatic N) is 4. The lowest BCUT2D eigenvalue weighted by Crippen LogP contribution is -2.40. The lowest BCUT2D eigenvalue weighted by atomic mass is 10.0. The third-order valence-corrected chi connectivity index (χ3v) is 7.01. The number of likely N-dealkylation sites (tertiary alicyclic amines) is 1. The summed E-state index contributed by atoms with van der Waals surface area (Å²) < 4.78 is 26.7. The van der Waals surface area contributed by atoms with Crippen LogP contribution in [0.5, 0.6) is 11.5 Å². The van der Waals surface area contributed by atoms with E-state index < -0.39 is 5.82 Å². The van der Waals surface area contributed by atoms with Gasteiger partial charge in [-0.1, -0.05) is 24.6 Å². The Morgan fingerprint density at radius 2 is 2.03 bits per heavy atom. The van der Waals surface area contributed by atoms with Crippen molar-refractivity contribution in [1.82, 2.24) is 25.1 Å². The fourth-order valence-electron chi connectivity index (χ4n) is 4.58. The van der Waals surface area contributed by atoms with E-state index in [9.17, 15) is 4.39 Å². The first-order chi connectivity index (χ1) is 17.3. The first-order valence-electron chi connectivity index (χ1n) is 12.0. The molecule has 1 aliphatic rings. The molecule has 2 aromatic carbocycles. The third kappa shape index (κ3) is 5.81. The molecule has 0 spiro atoms. The van der Waals surface area contributed by atoms with Crippen molar-refractivity contribution in [3.63, 3.8) is 0 Å². The number of hydrogen-bond donors (Lipinski definition) is 2. The molecule has 36 heavy (non-hydrogen) atoms. The summed E-state index contributed by atoms with van der Waals surface area (Å²) in [6.45, 7) is 5.85. The Bertz CT molecular complexity index is 1200. The fourth-order valence-corrected chi connectivity index (χ4v) is 4.75. The molecule has 0 amide bonds. The SMILES string of the molecule is COc1cc2ncnc(Nc3cccc(Cl)c3F)c2cc1OC1CN(C)C(CNCCN(C)C)C1C. The lowest BCUT2D eigenvalue weighted by Gasteiger charge is -2.24. The molecular formula is C26H34ClFN6O2. The summed E-state index contributed by atoms with van der Waals surface area (Å²) >= 11 is 5.95. The van der Waals surface area contributed by atoms with Crippen LogP contribution in [0.1, 0.15) is 6.92 Å². The van der Waals surface area contributed by atoms with E-state index in [0.717, 1.165) is 26.2 Å². The first-order valence-corrected chi connectivity index (χ1v) is 12.4. The van der Waals surface area contributed by atoms with Crippen LogP contribution >= 0.6 is 11.6 Å². The summed E-state index contributed by atoms with van der Waals surface area (Å²) in [6.07, 6.45) is 1.41. The van der Waals surface area contributed by atoms with Gasteiger partial charge in [0.25, 0.3) is 0 Å². The molecule has 4 rings (SSSR count). The van der Waals surface area contributed by atoms with Gasteiger partial charge in [0.15, 0.2) is 17.3 Å². The second kappa shape index (κ2) is 11.6. The van der Waals surface area contributed by atoms with E-state index in [0.29, 0.717) is 40.2 Å². The van der Waals surface area contributed by atoms with Crippen LogP contribution in [-0.4, -0.2) is 86.3 Å². The van der Waals surface area contributed by atoms with E-state index in [2.05, 4.69) is 58.5 Å². The summed E-state index contributed by atoms with van der Waals surface area (Å²) in [5, 5.41) is 7.33. The summed E-state index contributed by atoms with van der Waals surface area (Å²) in [6, 6.07) is 8.82. The Labute approximate surface area is 216 Å². The van der Waals surface area contributed by atoms with Crippen molar-refractivity contribution in [2.24, 2.45) is 5.92 Å². The van der Waals surface area contributed by atoms with E-state index in [4.69, 9.17) is 21.1 Å². The molecule has 0 aliphatic carbocycles. The Morgan fingerprint density at radius 1 is 1.22 bits per heavy atom. The third-order valence-electron chi connectivity index (χ3n) is 6.72. The molecule has 2 N–H and O–H groups in total.